The van der Waals surface area contributed by atoms with Crippen LogP contribution < -0.4 is 0 Å². The van der Waals surface area contributed by atoms with Crippen molar-refractivity contribution < 1.29 is 38.8 Å². The van der Waals surface area contributed by atoms with Crippen LogP contribution in [0.3, 0.4) is 0 Å². The first-order valence-corrected chi connectivity index (χ1v) is 13.2. The molecular weight excluding hydrogens is 703 g/mol. The van der Waals surface area contributed by atoms with Crippen molar-refractivity contribution in [3.63, 3.8) is 0 Å². The average Bonchev–Trinajstić information content (AvgIpc) is 3.56. The molecule has 0 saturated carbocycles. The third-order valence-electron chi connectivity index (χ3n) is 6.66. The molecule has 0 bridgehead atoms. The van der Waals surface area contributed by atoms with Gasteiger partial charge in [0.1, 0.15) is 11.3 Å². The van der Waals surface area contributed by atoms with Gasteiger partial charge in [0.15, 0.2) is 5.78 Å². The van der Waals surface area contributed by atoms with Gasteiger partial charge in [-0.2, -0.15) is 0 Å². The van der Waals surface area contributed by atoms with E-state index in [1.165, 1.54) is 19.9 Å². The summed E-state index contributed by atoms with van der Waals surface area (Å²) in [6.45, 7) is 2.85. The average molecular weight is 729 g/mol. The summed E-state index contributed by atoms with van der Waals surface area (Å²) in [5.41, 5.74) is 7.00. The van der Waals surface area contributed by atoms with E-state index < -0.39 is 0 Å². The molecule has 42 heavy (non-hydrogen) atoms. The van der Waals surface area contributed by atoms with Gasteiger partial charge in [0.2, 0.25) is 5.71 Å². The molecule has 0 fully saturated rings. The van der Waals surface area contributed by atoms with Gasteiger partial charge in [0, 0.05) is 48.1 Å². The summed E-state index contributed by atoms with van der Waals surface area (Å²) in [5, 5.41) is 11.5. The predicted octanol–water partition coefficient (Wildman–Crippen LogP) is 9.56. The summed E-state index contributed by atoms with van der Waals surface area (Å²) in [6.07, 6.45) is 1.17. The number of hydrogen-bond acceptors (Lipinski definition) is 5. The maximum absolute atomic E-state index is 10.0. The molecular formula is C36H26IrNO4-. The molecule has 209 valence electrons. The molecule has 1 N–H and O–H groups in total. The zero-order chi connectivity index (χ0) is 28.3. The molecule has 6 heteroatoms. The Morgan fingerprint density at radius 1 is 0.762 bits per heavy atom. The standard InChI is InChI=1S/C31H18NO2.C5H8O2.Ir/c1-3-10-20(11-4-1)28-25-18-19-26(32-31(25)34-29(28)21-12-5-2-6-13-21)24-16-9-15-23-22-14-7-8-17-27(22)33-30(23)24;1-4(6)3-5(2)7;/h1-15,17-19H;3,6H,1-2H3;/q-1;;/b;4-3-;. The molecule has 0 unspecified atom stereocenters. The maximum Gasteiger partial charge on any atom is 0.218 e. The van der Waals surface area contributed by atoms with Gasteiger partial charge < -0.3 is 13.9 Å². The van der Waals surface area contributed by atoms with Crippen LogP contribution in [0.15, 0.2) is 130 Å². The van der Waals surface area contributed by atoms with E-state index >= 15 is 0 Å². The smallest absolute Gasteiger partial charge is 0.218 e. The van der Waals surface area contributed by atoms with Crippen LogP contribution in [-0.4, -0.2) is 15.9 Å². The van der Waals surface area contributed by atoms with E-state index in [0.717, 1.165) is 61.0 Å². The van der Waals surface area contributed by atoms with E-state index in [-0.39, 0.29) is 31.6 Å². The molecule has 0 aliphatic rings. The molecule has 1 radical (unpaired) electrons. The topological polar surface area (TPSA) is 76.5 Å². The van der Waals surface area contributed by atoms with E-state index in [9.17, 15) is 4.79 Å². The van der Waals surface area contributed by atoms with Crippen LogP contribution in [0, 0.1) is 6.07 Å². The first-order chi connectivity index (χ1) is 20.0. The number of aromatic nitrogens is 1. The van der Waals surface area contributed by atoms with E-state index in [1.54, 1.807) is 0 Å². The molecule has 0 aliphatic heterocycles. The maximum atomic E-state index is 10.0. The second-order valence-electron chi connectivity index (χ2n) is 9.68. The minimum absolute atomic E-state index is 0. The zero-order valence-corrected chi connectivity index (χ0v) is 25.3. The fourth-order valence-corrected chi connectivity index (χ4v) is 4.98. The number of furan rings is 2. The number of aliphatic hydroxyl groups is 1. The number of rotatable bonds is 4. The molecule has 0 saturated heterocycles. The Balaban J connectivity index is 0.000000396. The van der Waals surface area contributed by atoms with Crippen molar-refractivity contribution >= 4 is 38.8 Å². The van der Waals surface area contributed by atoms with Gasteiger partial charge in [-0.25, -0.2) is 0 Å². The molecule has 0 aliphatic carbocycles. The van der Waals surface area contributed by atoms with E-state index in [0.29, 0.717) is 5.71 Å². The number of pyridine rings is 1. The summed E-state index contributed by atoms with van der Waals surface area (Å²) in [7, 11) is 0. The molecule has 3 heterocycles. The van der Waals surface area contributed by atoms with Crippen molar-refractivity contribution in [2.24, 2.45) is 0 Å². The van der Waals surface area contributed by atoms with Crippen LogP contribution in [0.25, 0.3) is 66.7 Å². The van der Waals surface area contributed by atoms with Gasteiger partial charge in [-0.1, -0.05) is 102 Å². The van der Waals surface area contributed by atoms with Crippen LogP contribution >= 0.6 is 0 Å². The number of carbonyl (C=O) groups excluding carboxylic acids is 1. The van der Waals surface area contributed by atoms with Gasteiger partial charge in [-0.3, -0.25) is 9.78 Å². The summed E-state index contributed by atoms with van der Waals surface area (Å²) in [6, 6.07) is 40.0. The Hall–Kier alpha value is -4.77. The fourth-order valence-electron chi connectivity index (χ4n) is 4.98. The molecule has 0 spiro atoms. The number of fused-ring (bicyclic) bond motifs is 4. The van der Waals surface area contributed by atoms with Crippen LogP contribution in [0.2, 0.25) is 0 Å². The van der Waals surface area contributed by atoms with Gasteiger partial charge >= 0.3 is 0 Å². The van der Waals surface area contributed by atoms with Crippen molar-refractivity contribution in [1.82, 2.24) is 4.98 Å². The first kappa shape index (κ1) is 28.7. The number of benzene rings is 4. The van der Waals surface area contributed by atoms with Gasteiger partial charge in [-0.15, -0.1) is 18.2 Å². The van der Waals surface area contributed by atoms with Crippen molar-refractivity contribution in [1.29, 1.82) is 0 Å². The van der Waals surface area contributed by atoms with Crippen LogP contribution in [0.5, 0.6) is 0 Å². The Morgan fingerprint density at radius 2 is 1.43 bits per heavy atom. The van der Waals surface area contributed by atoms with Crippen molar-refractivity contribution in [3.05, 3.63) is 127 Å². The molecule has 4 aromatic carbocycles. The zero-order valence-electron chi connectivity index (χ0n) is 22.9. The second-order valence-corrected chi connectivity index (χ2v) is 9.68. The monoisotopic (exact) mass is 729 g/mol. The molecule has 3 aromatic heterocycles. The normalized spacial score (nSPS) is 11.2. The third kappa shape index (κ3) is 5.68. The fraction of sp³-hybridized carbons (Fsp3) is 0.0556. The van der Waals surface area contributed by atoms with Crippen LogP contribution in [0.4, 0.5) is 0 Å². The minimum atomic E-state index is -0.125. The number of ketones is 1. The molecule has 7 rings (SSSR count). The van der Waals surface area contributed by atoms with Gasteiger partial charge in [0.25, 0.3) is 0 Å². The number of para-hydroxylation sites is 1. The molecule has 0 amide bonds. The molecule has 5 nitrogen and oxygen atoms in total. The molecule has 0 atom stereocenters. The van der Waals surface area contributed by atoms with E-state index in [4.69, 9.17) is 18.9 Å². The van der Waals surface area contributed by atoms with E-state index in [2.05, 4.69) is 42.5 Å². The number of aliphatic hydroxyl groups excluding tert-OH is 1. The third-order valence-corrected chi connectivity index (χ3v) is 6.66. The summed E-state index contributed by atoms with van der Waals surface area (Å²) in [5.74, 6) is 0.755. The Bertz CT molecular complexity index is 2040. The Kier molecular flexibility index (Phi) is 8.48. The van der Waals surface area contributed by atoms with Crippen LogP contribution in [-0.2, 0) is 24.9 Å². The second kappa shape index (κ2) is 12.4. The molecule has 7 aromatic rings. The Morgan fingerprint density at radius 3 is 2.10 bits per heavy atom. The number of allylic oxidation sites excluding steroid dienone is 2. The summed E-state index contributed by atoms with van der Waals surface area (Å²) in [4.78, 5) is 15.0. The first-order valence-electron chi connectivity index (χ1n) is 13.2. The van der Waals surface area contributed by atoms with Crippen molar-refractivity contribution in [2.45, 2.75) is 13.8 Å². The largest absolute Gasteiger partial charge is 0.512 e. The van der Waals surface area contributed by atoms with Crippen molar-refractivity contribution in [3.8, 4) is 33.7 Å². The summed E-state index contributed by atoms with van der Waals surface area (Å²) < 4.78 is 12.6. The van der Waals surface area contributed by atoms with Crippen LogP contribution in [0.1, 0.15) is 13.8 Å². The number of hydrogen-bond donors (Lipinski definition) is 1. The minimum Gasteiger partial charge on any atom is -0.512 e. The Labute approximate surface area is 256 Å². The van der Waals surface area contributed by atoms with Crippen molar-refractivity contribution in [2.75, 3.05) is 0 Å². The predicted molar refractivity (Wildman–Crippen MR) is 163 cm³/mol. The summed E-state index contributed by atoms with van der Waals surface area (Å²) >= 11 is 0. The number of nitrogens with zero attached hydrogens (tertiary/aromatic N) is 1. The SMILES string of the molecule is CC(=O)/C=C(/C)O.[Ir].[c-]1ccc2c(oc3ccccc32)c1-c1ccc2c(-c3ccccc3)c(-c3ccccc3)oc2n1. The van der Waals surface area contributed by atoms with Gasteiger partial charge in [0.05, 0.1) is 11.3 Å². The quantitative estimate of drug-likeness (QED) is 0.111. The van der Waals surface area contributed by atoms with Gasteiger partial charge in [-0.05, 0) is 31.2 Å². The number of carbonyl (C=O) groups is 1. The van der Waals surface area contributed by atoms with E-state index in [1.807, 2.05) is 72.8 Å².